The average Bonchev–Trinajstić information content (AvgIpc) is 3.07. The molecule has 0 aromatic carbocycles. The minimum absolute atomic E-state index is 0.0515. The van der Waals surface area contributed by atoms with Crippen molar-refractivity contribution in [3.05, 3.63) is 18.0 Å². The van der Waals surface area contributed by atoms with Gasteiger partial charge in [0.25, 0.3) is 0 Å². The molecule has 1 aromatic heterocycles. The number of ether oxygens (including phenoxy) is 2. The molecule has 1 saturated heterocycles. The number of fused-ring (bicyclic) bond motifs is 1. The van der Waals surface area contributed by atoms with Crippen LogP contribution in [0.4, 0.5) is 4.79 Å². The molecule has 2 amide bonds. The van der Waals surface area contributed by atoms with Crippen molar-refractivity contribution in [3.8, 4) is 0 Å². The highest BCUT2D eigenvalue weighted by atomic mass is 16.5. The zero-order valence-electron chi connectivity index (χ0n) is 14.7. The number of aromatic nitrogens is 2. The summed E-state index contributed by atoms with van der Waals surface area (Å²) in [5, 5.41) is 4.44. The van der Waals surface area contributed by atoms with E-state index in [9.17, 15) is 4.79 Å². The Morgan fingerprint density at radius 1 is 1.42 bits per heavy atom. The molecule has 1 aromatic rings. The van der Waals surface area contributed by atoms with E-state index >= 15 is 0 Å². The number of rotatable bonds is 5. The topological polar surface area (TPSA) is 59.8 Å². The maximum absolute atomic E-state index is 12.3. The Morgan fingerprint density at radius 3 is 2.96 bits per heavy atom. The third-order valence-electron chi connectivity index (χ3n) is 4.83. The lowest BCUT2D eigenvalue weighted by atomic mass is 10.0. The summed E-state index contributed by atoms with van der Waals surface area (Å²) >= 11 is 0. The fourth-order valence-corrected chi connectivity index (χ4v) is 3.41. The number of urea groups is 1. The van der Waals surface area contributed by atoms with E-state index in [1.807, 2.05) is 17.2 Å². The predicted molar refractivity (Wildman–Crippen MR) is 89.7 cm³/mol. The van der Waals surface area contributed by atoms with Gasteiger partial charge < -0.3 is 19.3 Å². The summed E-state index contributed by atoms with van der Waals surface area (Å²) in [4.78, 5) is 15.8. The Bertz CT molecular complexity index is 540. The second kappa shape index (κ2) is 7.98. The van der Waals surface area contributed by atoms with Crippen LogP contribution in [-0.4, -0.2) is 72.7 Å². The normalized spacial score (nSPS) is 21.6. The van der Waals surface area contributed by atoms with Crippen LogP contribution in [0.2, 0.25) is 0 Å². The fourth-order valence-electron chi connectivity index (χ4n) is 3.41. The molecule has 2 aliphatic heterocycles. The summed E-state index contributed by atoms with van der Waals surface area (Å²) in [5.41, 5.74) is 1.09. The van der Waals surface area contributed by atoms with Crippen LogP contribution in [0, 0.1) is 5.92 Å². The van der Waals surface area contributed by atoms with Gasteiger partial charge in [-0.1, -0.05) is 0 Å². The summed E-state index contributed by atoms with van der Waals surface area (Å²) in [6, 6.07) is 2.23. The van der Waals surface area contributed by atoms with Gasteiger partial charge in [-0.15, -0.1) is 0 Å². The largest absolute Gasteiger partial charge is 0.381 e. The second-order valence-electron chi connectivity index (χ2n) is 6.90. The Kier molecular flexibility index (Phi) is 5.73. The van der Waals surface area contributed by atoms with Crippen LogP contribution in [0.5, 0.6) is 0 Å². The number of hydrogen-bond donors (Lipinski definition) is 0. The van der Waals surface area contributed by atoms with Crippen molar-refractivity contribution in [2.24, 2.45) is 5.92 Å². The highest BCUT2D eigenvalue weighted by Crippen LogP contribution is 2.24. The lowest BCUT2D eigenvalue weighted by molar-refractivity contribution is 0.0161. The number of hydrogen-bond acceptors (Lipinski definition) is 4. The van der Waals surface area contributed by atoms with Gasteiger partial charge in [-0.2, -0.15) is 5.10 Å². The quantitative estimate of drug-likeness (QED) is 0.769. The first-order chi connectivity index (χ1) is 11.6. The van der Waals surface area contributed by atoms with E-state index in [0.29, 0.717) is 25.6 Å². The molecule has 1 atom stereocenters. The van der Waals surface area contributed by atoms with Crippen molar-refractivity contribution >= 4 is 6.03 Å². The molecular weight excluding hydrogens is 308 g/mol. The van der Waals surface area contributed by atoms with Gasteiger partial charge in [0.1, 0.15) is 0 Å². The van der Waals surface area contributed by atoms with Gasteiger partial charge >= 0.3 is 6.03 Å². The molecule has 7 heteroatoms. The lowest BCUT2D eigenvalue weighted by Crippen LogP contribution is -2.45. The zero-order chi connectivity index (χ0) is 16.9. The molecule has 0 aliphatic carbocycles. The van der Waals surface area contributed by atoms with Crippen LogP contribution in [0.1, 0.15) is 31.0 Å². The van der Waals surface area contributed by atoms with Gasteiger partial charge in [-0.25, -0.2) is 4.79 Å². The Hall–Kier alpha value is -1.60. The van der Waals surface area contributed by atoms with Gasteiger partial charge in [0.05, 0.1) is 18.3 Å². The summed E-state index contributed by atoms with van der Waals surface area (Å²) in [6.45, 7) is 4.53. The number of carbonyl (C=O) groups excluding carboxylic acids is 1. The van der Waals surface area contributed by atoms with Crippen LogP contribution in [-0.2, 0) is 16.0 Å². The van der Waals surface area contributed by atoms with E-state index in [1.165, 1.54) is 0 Å². The summed E-state index contributed by atoms with van der Waals surface area (Å²) in [6.07, 6.45) is 4.87. The van der Waals surface area contributed by atoms with Crippen molar-refractivity contribution in [1.82, 2.24) is 19.6 Å². The third kappa shape index (κ3) is 4.08. The number of nitrogens with zero attached hydrogens (tertiary/aromatic N) is 4. The molecule has 0 N–H and O–H groups in total. The van der Waals surface area contributed by atoms with Gasteiger partial charge in [-0.05, 0) is 31.2 Å². The van der Waals surface area contributed by atoms with E-state index in [1.54, 1.807) is 19.0 Å². The minimum atomic E-state index is 0.0515. The van der Waals surface area contributed by atoms with Crippen LogP contribution >= 0.6 is 0 Å². The molecule has 24 heavy (non-hydrogen) atoms. The SMILES string of the molecule is CN(C)C(=O)N1Cc2ccnn2C(CCOCC2CCOCC2)C1. The smallest absolute Gasteiger partial charge is 0.319 e. The first-order valence-corrected chi connectivity index (χ1v) is 8.79. The van der Waals surface area contributed by atoms with Crippen LogP contribution < -0.4 is 0 Å². The van der Waals surface area contributed by atoms with Gasteiger partial charge in [-0.3, -0.25) is 4.68 Å². The maximum Gasteiger partial charge on any atom is 0.319 e. The Morgan fingerprint density at radius 2 is 2.21 bits per heavy atom. The van der Waals surface area contributed by atoms with Crippen LogP contribution in [0.25, 0.3) is 0 Å². The fraction of sp³-hybridized carbons (Fsp3) is 0.765. The summed E-state index contributed by atoms with van der Waals surface area (Å²) < 4.78 is 13.3. The van der Waals surface area contributed by atoms with Gasteiger partial charge in [0.15, 0.2) is 0 Å². The first-order valence-electron chi connectivity index (χ1n) is 8.79. The van der Waals surface area contributed by atoms with Crippen molar-refractivity contribution in [2.75, 3.05) is 47.1 Å². The molecule has 134 valence electrons. The van der Waals surface area contributed by atoms with E-state index in [2.05, 4.69) is 9.78 Å². The monoisotopic (exact) mass is 336 g/mol. The molecule has 0 radical (unpaired) electrons. The summed E-state index contributed by atoms with van der Waals surface area (Å²) in [5.74, 6) is 0.622. The van der Waals surface area contributed by atoms with Gasteiger partial charge in [0.2, 0.25) is 0 Å². The highest BCUT2D eigenvalue weighted by molar-refractivity contribution is 5.74. The number of carbonyl (C=O) groups is 1. The standard InChI is InChI=1S/C17H28N4O3/c1-19(2)17(22)20-11-15-3-7-18-21(15)16(12-20)6-10-24-13-14-4-8-23-9-5-14/h3,7,14,16H,4-6,8-13H2,1-2H3. The van der Waals surface area contributed by atoms with E-state index in [-0.39, 0.29) is 12.1 Å². The highest BCUT2D eigenvalue weighted by Gasteiger charge is 2.29. The first kappa shape index (κ1) is 17.2. The van der Waals surface area contributed by atoms with Crippen molar-refractivity contribution in [1.29, 1.82) is 0 Å². The van der Waals surface area contributed by atoms with Crippen molar-refractivity contribution < 1.29 is 14.3 Å². The Labute approximate surface area is 143 Å². The van der Waals surface area contributed by atoms with Crippen molar-refractivity contribution in [3.63, 3.8) is 0 Å². The summed E-state index contributed by atoms with van der Waals surface area (Å²) in [7, 11) is 3.58. The minimum Gasteiger partial charge on any atom is -0.381 e. The second-order valence-corrected chi connectivity index (χ2v) is 6.90. The number of amides is 2. The average molecular weight is 336 g/mol. The van der Waals surface area contributed by atoms with Crippen LogP contribution in [0.15, 0.2) is 12.3 Å². The molecule has 0 saturated carbocycles. The molecule has 0 bridgehead atoms. The van der Waals surface area contributed by atoms with E-state index in [0.717, 1.165) is 44.8 Å². The molecule has 0 spiro atoms. The third-order valence-corrected chi connectivity index (χ3v) is 4.83. The molecule has 3 rings (SSSR count). The Balaban J connectivity index is 1.51. The maximum atomic E-state index is 12.3. The zero-order valence-corrected chi connectivity index (χ0v) is 14.7. The molecular formula is C17H28N4O3. The van der Waals surface area contributed by atoms with E-state index in [4.69, 9.17) is 9.47 Å². The van der Waals surface area contributed by atoms with Gasteiger partial charge in [0, 0.05) is 53.3 Å². The predicted octanol–water partition coefficient (Wildman–Crippen LogP) is 1.75. The molecule has 1 unspecified atom stereocenters. The van der Waals surface area contributed by atoms with Crippen LogP contribution in [0.3, 0.4) is 0 Å². The lowest BCUT2D eigenvalue weighted by Gasteiger charge is -2.35. The molecule has 1 fully saturated rings. The molecule has 7 nitrogen and oxygen atoms in total. The van der Waals surface area contributed by atoms with E-state index < -0.39 is 0 Å². The molecule has 3 heterocycles. The molecule has 2 aliphatic rings. The van der Waals surface area contributed by atoms with Crippen molar-refractivity contribution in [2.45, 2.75) is 31.8 Å².